The normalized spacial score (nSPS) is 35.9. The van der Waals surface area contributed by atoms with Crippen LogP contribution >= 0.6 is 0 Å². The zero-order valence-electron chi connectivity index (χ0n) is 10.6. The smallest absolute Gasteiger partial charge is 0.0628 e. The van der Waals surface area contributed by atoms with Crippen LogP contribution in [-0.2, 0) is 0 Å². The van der Waals surface area contributed by atoms with Gasteiger partial charge in [-0.3, -0.25) is 0 Å². The molecule has 2 nitrogen and oxygen atoms in total. The topological polar surface area (TPSA) is 35.8 Å². The summed E-state index contributed by atoms with van der Waals surface area (Å²) in [6.45, 7) is 5.77. The maximum atomic E-state index is 8.79. The predicted octanol–water partition coefficient (Wildman–Crippen LogP) is 3.09. The molecule has 2 fully saturated rings. The molecule has 2 aliphatic carbocycles. The van der Waals surface area contributed by atoms with Crippen molar-refractivity contribution in [3.8, 4) is 6.07 Å². The van der Waals surface area contributed by atoms with Crippen LogP contribution in [0.25, 0.3) is 0 Å². The highest BCUT2D eigenvalue weighted by Gasteiger charge is 2.43. The van der Waals surface area contributed by atoms with Crippen molar-refractivity contribution in [3.05, 3.63) is 0 Å². The highest BCUT2D eigenvalue weighted by Crippen LogP contribution is 2.48. The van der Waals surface area contributed by atoms with Crippen LogP contribution in [0.15, 0.2) is 0 Å². The Morgan fingerprint density at radius 3 is 2.62 bits per heavy atom. The molecule has 16 heavy (non-hydrogen) atoms. The average Bonchev–Trinajstić information content (AvgIpc) is 2.95. The minimum atomic E-state index is 0.360. The molecule has 0 aromatic heterocycles. The van der Waals surface area contributed by atoms with Crippen molar-refractivity contribution in [2.45, 2.75) is 58.4 Å². The first-order valence-corrected chi connectivity index (χ1v) is 6.81. The van der Waals surface area contributed by atoms with Gasteiger partial charge in [0.05, 0.1) is 6.07 Å². The molecular formula is C14H24N2. The van der Waals surface area contributed by atoms with E-state index in [1.807, 2.05) is 0 Å². The van der Waals surface area contributed by atoms with E-state index in [0.29, 0.717) is 11.5 Å². The molecule has 0 aliphatic heterocycles. The molecule has 0 spiro atoms. The van der Waals surface area contributed by atoms with E-state index in [2.05, 4.69) is 25.2 Å². The molecule has 2 aliphatic rings. The van der Waals surface area contributed by atoms with Crippen molar-refractivity contribution in [3.63, 3.8) is 0 Å². The monoisotopic (exact) mass is 220 g/mol. The first-order chi connectivity index (χ1) is 7.71. The van der Waals surface area contributed by atoms with Crippen LogP contribution in [0.5, 0.6) is 0 Å². The van der Waals surface area contributed by atoms with Crippen LogP contribution in [-0.4, -0.2) is 12.6 Å². The molecule has 0 radical (unpaired) electrons. The molecule has 0 heterocycles. The van der Waals surface area contributed by atoms with Gasteiger partial charge < -0.3 is 5.32 Å². The van der Waals surface area contributed by atoms with Crippen LogP contribution in [0.4, 0.5) is 0 Å². The van der Waals surface area contributed by atoms with Gasteiger partial charge >= 0.3 is 0 Å². The second-order valence-corrected chi connectivity index (χ2v) is 5.93. The molecule has 3 unspecified atom stereocenters. The van der Waals surface area contributed by atoms with Gasteiger partial charge in [0.25, 0.3) is 0 Å². The fourth-order valence-electron chi connectivity index (χ4n) is 3.22. The number of rotatable bonds is 5. The van der Waals surface area contributed by atoms with Crippen molar-refractivity contribution in [2.75, 3.05) is 6.54 Å². The van der Waals surface area contributed by atoms with Crippen LogP contribution in [0.3, 0.4) is 0 Å². The van der Waals surface area contributed by atoms with Crippen molar-refractivity contribution >= 4 is 0 Å². The second kappa shape index (κ2) is 4.75. The number of nitriles is 1. The summed E-state index contributed by atoms with van der Waals surface area (Å²) < 4.78 is 0. The van der Waals surface area contributed by atoms with Gasteiger partial charge in [0.15, 0.2) is 0 Å². The van der Waals surface area contributed by atoms with E-state index >= 15 is 0 Å². The molecule has 0 aromatic rings. The summed E-state index contributed by atoms with van der Waals surface area (Å²) in [4.78, 5) is 0. The van der Waals surface area contributed by atoms with Gasteiger partial charge in [-0.2, -0.15) is 5.26 Å². The Balaban J connectivity index is 1.77. The number of hydrogen-bond acceptors (Lipinski definition) is 2. The zero-order valence-corrected chi connectivity index (χ0v) is 10.6. The van der Waals surface area contributed by atoms with Crippen LogP contribution in [0, 0.1) is 28.6 Å². The molecule has 90 valence electrons. The SMILES string of the molecule is CCC1CCC(NCC2(CC#N)CC2)C1C. The molecule has 2 saturated carbocycles. The van der Waals surface area contributed by atoms with E-state index in [1.54, 1.807) is 0 Å². The zero-order chi connectivity index (χ0) is 11.6. The Bertz CT molecular complexity index is 275. The van der Waals surface area contributed by atoms with Crippen molar-refractivity contribution < 1.29 is 0 Å². The second-order valence-electron chi connectivity index (χ2n) is 5.93. The van der Waals surface area contributed by atoms with E-state index in [4.69, 9.17) is 5.26 Å². The Morgan fingerprint density at radius 1 is 1.38 bits per heavy atom. The minimum Gasteiger partial charge on any atom is -0.313 e. The first kappa shape index (κ1) is 11.9. The minimum absolute atomic E-state index is 0.360. The average molecular weight is 220 g/mol. The van der Waals surface area contributed by atoms with Gasteiger partial charge in [-0.1, -0.05) is 20.3 Å². The van der Waals surface area contributed by atoms with Gasteiger partial charge in [-0.15, -0.1) is 0 Å². The molecule has 2 rings (SSSR count). The van der Waals surface area contributed by atoms with E-state index in [-0.39, 0.29) is 0 Å². The maximum Gasteiger partial charge on any atom is 0.0628 e. The summed E-state index contributed by atoms with van der Waals surface area (Å²) in [5.74, 6) is 1.74. The lowest BCUT2D eigenvalue weighted by Crippen LogP contribution is -2.36. The third kappa shape index (κ3) is 2.40. The predicted molar refractivity (Wildman–Crippen MR) is 65.9 cm³/mol. The van der Waals surface area contributed by atoms with Crippen molar-refractivity contribution in [2.24, 2.45) is 17.3 Å². The highest BCUT2D eigenvalue weighted by molar-refractivity contribution is 5.01. The first-order valence-electron chi connectivity index (χ1n) is 6.81. The van der Waals surface area contributed by atoms with Gasteiger partial charge in [0.1, 0.15) is 0 Å². The summed E-state index contributed by atoms with van der Waals surface area (Å²) in [6, 6.07) is 3.05. The lowest BCUT2D eigenvalue weighted by atomic mass is 9.93. The summed E-state index contributed by atoms with van der Waals surface area (Å²) in [6.07, 6.45) is 7.31. The molecule has 2 heteroatoms. The summed E-state index contributed by atoms with van der Waals surface area (Å²) in [5.41, 5.74) is 0.360. The van der Waals surface area contributed by atoms with E-state index < -0.39 is 0 Å². The van der Waals surface area contributed by atoms with Gasteiger partial charge in [0.2, 0.25) is 0 Å². The summed E-state index contributed by atoms with van der Waals surface area (Å²) in [5, 5.41) is 12.5. The Kier molecular flexibility index (Phi) is 3.54. The Labute approximate surface area is 99.4 Å². The number of nitrogens with one attached hydrogen (secondary N) is 1. The molecule has 3 atom stereocenters. The number of nitrogens with zero attached hydrogens (tertiary/aromatic N) is 1. The fraction of sp³-hybridized carbons (Fsp3) is 0.929. The summed E-state index contributed by atoms with van der Waals surface area (Å²) >= 11 is 0. The van der Waals surface area contributed by atoms with Crippen LogP contribution in [0.1, 0.15) is 52.4 Å². The van der Waals surface area contributed by atoms with Crippen molar-refractivity contribution in [1.29, 1.82) is 5.26 Å². The lowest BCUT2D eigenvalue weighted by Gasteiger charge is -2.23. The van der Waals surface area contributed by atoms with Gasteiger partial charge in [-0.25, -0.2) is 0 Å². The fourth-order valence-corrected chi connectivity index (χ4v) is 3.22. The van der Waals surface area contributed by atoms with Crippen LogP contribution in [0.2, 0.25) is 0 Å². The largest absolute Gasteiger partial charge is 0.313 e. The van der Waals surface area contributed by atoms with E-state index in [9.17, 15) is 0 Å². The highest BCUT2D eigenvalue weighted by atomic mass is 14.9. The lowest BCUT2D eigenvalue weighted by molar-refractivity contribution is 0.323. The molecule has 0 saturated heterocycles. The Hall–Kier alpha value is -0.550. The summed E-state index contributed by atoms with van der Waals surface area (Å²) in [7, 11) is 0. The van der Waals surface area contributed by atoms with E-state index in [1.165, 1.54) is 32.1 Å². The molecule has 0 aromatic carbocycles. The van der Waals surface area contributed by atoms with Crippen LogP contribution < -0.4 is 5.32 Å². The quantitative estimate of drug-likeness (QED) is 0.773. The van der Waals surface area contributed by atoms with E-state index in [0.717, 1.165) is 24.8 Å². The third-order valence-electron chi connectivity index (χ3n) is 4.90. The Morgan fingerprint density at radius 2 is 2.12 bits per heavy atom. The molecule has 1 N–H and O–H groups in total. The third-order valence-corrected chi connectivity index (χ3v) is 4.90. The molecule has 0 amide bonds. The van der Waals surface area contributed by atoms with Crippen molar-refractivity contribution in [1.82, 2.24) is 5.32 Å². The van der Waals surface area contributed by atoms with Gasteiger partial charge in [-0.05, 0) is 42.9 Å². The molecular weight excluding hydrogens is 196 g/mol. The number of hydrogen-bond donors (Lipinski definition) is 1. The standard InChI is InChI=1S/C14H24N2/c1-3-12-4-5-13(11(12)2)16-10-14(6-7-14)8-9-15/h11-13,16H,3-8,10H2,1-2H3. The van der Waals surface area contributed by atoms with Gasteiger partial charge in [0, 0.05) is 19.0 Å². The maximum absolute atomic E-state index is 8.79. The molecule has 0 bridgehead atoms.